The van der Waals surface area contributed by atoms with Crippen molar-refractivity contribution < 1.29 is 14.1 Å². The van der Waals surface area contributed by atoms with Crippen LogP contribution < -0.4 is 4.74 Å². The van der Waals surface area contributed by atoms with Crippen LogP contribution in [0.25, 0.3) is 11.4 Å². The maximum Gasteiger partial charge on any atom is 0.234 e. The first-order valence-electron chi connectivity index (χ1n) is 6.63. The summed E-state index contributed by atoms with van der Waals surface area (Å²) >= 11 is 0. The molecule has 0 unspecified atom stereocenters. The highest BCUT2D eigenvalue weighted by molar-refractivity contribution is 5.80. The lowest BCUT2D eigenvalue weighted by molar-refractivity contribution is -0.118. The highest BCUT2D eigenvalue weighted by Crippen LogP contribution is 2.28. The van der Waals surface area contributed by atoms with Gasteiger partial charge in [0.05, 0.1) is 19.1 Å². The average Bonchev–Trinajstić information content (AvgIpc) is 2.87. The van der Waals surface area contributed by atoms with Gasteiger partial charge in [0.2, 0.25) is 11.7 Å². The predicted molar refractivity (Wildman–Crippen MR) is 74.6 cm³/mol. The van der Waals surface area contributed by atoms with Crippen molar-refractivity contribution in [3.8, 4) is 17.1 Å². The molecule has 2 aromatic rings. The zero-order chi connectivity index (χ0) is 14.5. The minimum absolute atomic E-state index is 0.110. The van der Waals surface area contributed by atoms with Gasteiger partial charge in [-0.05, 0) is 31.0 Å². The number of hydrogen-bond acceptors (Lipinski definition) is 5. The zero-order valence-corrected chi connectivity index (χ0v) is 12.0. The van der Waals surface area contributed by atoms with Gasteiger partial charge in [0.15, 0.2) is 0 Å². The third-order valence-electron chi connectivity index (χ3n) is 2.94. The number of aryl methyl sites for hydroxylation is 1. The highest BCUT2D eigenvalue weighted by atomic mass is 16.5. The van der Waals surface area contributed by atoms with Crippen LogP contribution in [0.1, 0.15) is 31.2 Å². The summed E-state index contributed by atoms with van der Waals surface area (Å²) in [7, 11) is 1.60. The fourth-order valence-corrected chi connectivity index (χ4v) is 1.96. The van der Waals surface area contributed by atoms with Crippen LogP contribution in [0.5, 0.6) is 5.75 Å². The van der Waals surface area contributed by atoms with Crippen LogP contribution in [-0.2, 0) is 11.2 Å². The first-order valence-corrected chi connectivity index (χ1v) is 6.63. The Morgan fingerprint density at radius 2 is 2.20 bits per heavy atom. The molecule has 2 rings (SSSR count). The lowest BCUT2D eigenvalue weighted by atomic mass is 10.1. The molecule has 0 saturated carbocycles. The third kappa shape index (κ3) is 3.23. The van der Waals surface area contributed by atoms with Crippen molar-refractivity contribution in [2.24, 2.45) is 0 Å². The lowest BCUT2D eigenvalue weighted by Crippen LogP contribution is -2.01. The van der Waals surface area contributed by atoms with E-state index in [0.717, 1.165) is 17.5 Å². The van der Waals surface area contributed by atoms with E-state index in [1.165, 1.54) is 0 Å². The Morgan fingerprint density at radius 1 is 1.40 bits per heavy atom. The second-order valence-electron chi connectivity index (χ2n) is 4.68. The minimum atomic E-state index is 0.110. The number of carbonyl (C=O) groups excluding carboxylic acids is 1. The molecule has 0 spiro atoms. The molecule has 0 N–H and O–H groups in total. The van der Waals surface area contributed by atoms with Gasteiger partial charge in [0, 0.05) is 6.42 Å². The summed E-state index contributed by atoms with van der Waals surface area (Å²) in [5, 5.41) is 3.92. The van der Waals surface area contributed by atoms with E-state index < -0.39 is 0 Å². The first kappa shape index (κ1) is 14.2. The van der Waals surface area contributed by atoms with Crippen LogP contribution in [0.15, 0.2) is 22.7 Å². The number of carbonyl (C=O) groups is 1. The number of ketones is 1. The Morgan fingerprint density at radius 3 is 2.90 bits per heavy atom. The smallest absolute Gasteiger partial charge is 0.234 e. The van der Waals surface area contributed by atoms with E-state index in [1.807, 2.05) is 32.0 Å². The molecule has 1 aromatic carbocycles. The fourth-order valence-electron chi connectivity index (χ4n) is 1.96. The summed E-state index contributed by atoms with van der Waals surface area (Å²) in [4.78, 5) is 15.8. The molecule has 0 aliphatic carbocycles. The van der Waals surface area contributed by atoms with Gasteiger partial charge >= 0.3 is 0 Å². The Bertz CT molecular complexity index is 605. The summed E-state index contributed by atoms with van der Waals surface area (Å²) in [5.74, 6) is 1.60. The van der Waals surface area contributed by atoms with Gasteiger partial charge in [0.25, 0.3) is 0 Å². The van der Waals surface area contributed by atoms with Crippen molar-refractivity contribution in [2.75, 3.05) is 7.11 Å². The highest BCUT2D eigenvalue weighted by Gasteiger charge is 2.15. The van der Waals surface area contributed by atoms with E-state index in [9.17, 15) is 4.79 Å². The number of aromatic nitrogens is 2. The quantitative estimate of drug-likeness (QED) is 0.810. The van der Waals surface area contributed by atoms with Crippen molar-refractivity contribution in [3.63, 3.8) is 0 Å². The molecule has 0 amide bonds. The molecule has 0 fully saturated rings. The van der Waals surface area contributed by atoms with Gasteiger partial charge in [-0.3, -0.25) is 4.79 Å². The Kier molecular flexibility index (Phi) is 4.50. The Balaban J connectivity index is 2.22. The van der Waals surface area contributed by atoms with Crippen LogP contribution in [0.2, 0.25) is 0 Å². The van der Waals surface area contributed by atoms with Crippen molar-refractivity contribution in [1.29, 1.82) is 0 Å². The molecule has 0 atom stereocenters. The predicted octanol–water partition coefficient (Wildman–Crippen LogP) is 2.97. The van der Waals surface area contributed by atoms with Crippen molar-refractivity contribution >= 4 is 5.78 Å². The van der Waals surface area contributed by atoms with Crippen LogP contribution in [0, 0.1) is 6.92 Å². The number of hydrogen-bond donors (Lipinski definition) is 0. The number of Topliss-reactive ketones (excluding diaryl/α,β-unsaturated/α-hetero) is 1. The summed E-state index contributed by atoms with van der Waals surface area (Å²) in [6.07, 6.45) is 1.55. The number of nitrogens with zero attached hydrogens (tertiary/aromatic N) is 2. The molecule has 5 nitrogen and oxygen atoms in total. The van der Waals surface area contributed by atoms with Crippen molar-refractivity contribution in [2.45, 2.75) is 33.1 Å². The zero-order valence-electron chi connectivity index (χ0n) is 12.0. The van der Waals surface area contributed by atoms with Gasteiger partial charge in [-0.2, -0.15) is 4.98 Å². The second kappa shape index (κ2) is 6.32. The molecule has 0 radical (unpaired) electrons. The van der Waals surface area contributed by atoms with Crippen molar-refractivity contribution in [3.05, 3.63) is 29.7 Å². The van der Waals surface area contributed by atoms with E-state index in [-0.39, 0.29) is 12.2 Å². The summed E-state index contributed by atoms with van der Waals surface area (Å²) in [6.45, 7) is 3.95. The average molecular weight is 274 g/mol. The molecular weight excluding hydrogens is 256 g/mol. The van der Waals surface area contributed by atoms with Gasteiger partial charge in [-0.1, -0.05) is 18.1 Å². The third-order valence-corrected chi connectivity index (χ3v) is 2.94. The lowest BCUT2D eigenvalue weighted by Gasteiger charge is -2.05. The summed E-state index contributed by atoms with van der Waals surface area (Å²) in [6, 6.07) is 5.75. The SMILES string of the molecule is CCCC(=O)Cc1nc(-c2ccc(C)cc2OC)no1. The molecule has 0 bridgehead atoms. The maximum atomic E-state index is 11.6. The minimum Gasteiger partial charge on any atom is -0.496 e. The largest absolute Gasteiger partial charge is 0.496 e. The topological polar surface area (TPSA) is 65.2 Å². The molecule has 1 heterocycles. The molecule has 106 valence electrons. The number of rotatable bonds is 6. The number of methoxy groups -OCH3 is 1. The van der Waals surface area contributed by atoms with E-state index >= 15 is 0 Å². The van der Waals surface area contributed by atoms with E-state index in [2.05, 4.69) is 10.1 Å². The van der Waals surface area contributed by atoms with Gasteiger partial charge < -0.3 is 9.26 Å². The monoisotopic (exact) mass is 274 g/mol. The normalized spacial score (nSPS) is 10.6. The number of benzene rings is 1. The van der Waals surface area contributed by atoms with E-state index in [4.69, 9.17) is 9.26 Å². The molecule has 0 aliphatic rings. The Hall–Kier alpha value is -2.17. The Labute approximate surface area is 118 Å². The van der Waals surface area contributed by atoms with E-state index in [0.29, 0.717) is 23.9 Å². The van der Waals surface area contributed by atoms with Crippen LogP contribution >= 0.6 is 0 Å². The van der Waals surface area contributed by atoms with Gasteiger partial charge in [-0.25, -0.2) is 0 Å². The molecule has 0 saturated heterocycles. The van der Waals surface area contributed by atoms with Crippen LogP contribution in [0.4, 0.5) is 0 Å². The van der Waals surface area contributed by atoms with Gasteiger partial charge in [0.1, 0.15) is 11.5 Å². The van der Waals surface area contributed by atoms with Crippen molar-refractivity contribution in [1.82, 2.24) is 10.1 Å². The summed E-state index contributed by atoms with van der Waals surface area (Å²) < 4.78 is 10.4. The first-order chi connectivity index (χ1) is 9.63. The molecule has 0 aliphatic heterocycles. The maximum absolute atomic E-state index is 11.6. The number of ether oxygens (including phenoxy) is 1. The summed E-state index contributed by atoms with van der Waals surface area (Å²) in [5.41, 5.74) is 1.85. The fraction of sp³-hybridized carbons (Fsp3) is 0.400. The van der Waals surface area contributed by atoms with E-state index in [1.54, 1.807) is 7.11 Å². The molecular formula is C15H18N2O3. The molecule has 5 heteroatoms. The standard InChI is InChI=1S/C15H18N2O3/c1-4-5-11(18)9-14-16-15(17-20-14)12-7-6-10(2)8-13(12)19-3/h6-8H,4-5,9H2,1-3H3. The second-order valence-corrected chi connectivity index (χ2v) is 4.68. The molecule has 1 aromatic heterocycles. The molecule has 20 heavy (non-hydrogen) atoms. The van der Waals surface area contributed by atoms with Crippen LogP contribution in [0.3, 0.4) is 0 Å². The van der Waals surface area contributed by atoms with Crippen LogP contribution in [-0.4, -0.2) is 23.0 Å². The van der Waals surface area contributed by atoms with Gasteiger partial charge in [-0.15, -0.1) is 0 Å².